The summed E-state index contributed by atoms with van der Waals surface area (Å²) in [5.41, 5.74) is 1.89. The first-order valence-electron chi connectivity index (χ1n) is 8.75. The molecule has 7 nitrogen and oxygen atoms in total. The van der Waals surface area contributed by atoms with E-state index in [1.54, 1.807) is 36.4 Å². The number of methoxy groups -OCH3 is 2. The summed E-state index contributed by atoms with van der Waals surface area (Å²) in [5, 5.41) is 0.536. The van der Waals surface area contributed by atoms with E-state index < -0.39 is 0 Å². The summed E-state index contributed by atoms with van der Waals surface area (Å²) in [4.78, 5) is 12.8. The molecule has 1 heterocycles. The van der Waals surface area contributed by atoms with Gasteiger partial charge in [0, 0.05) is 36.4 Å². The van der Waals surface area contributed by atoms with Gasteiger partial charge in [-0.05, 0) is 36.4 Å². The molecule has 0 unspecified atom stereocenters. The summed E-state index contributed by atoms with van der Waals surface area (Å²) >= 11 is 6.17. The van der Waals surface area contributed by atoms with E-state index in [4.69, 9.17) is 40.0 Å². The van der Waals surface area contributed by atoms with Crippen LogP contribution in [0.1, 0.15) is 21.5 Å². The van der Waals surface area contributed by atoms with Gasteiger partial charge in [0.05, 0.1) is 12.2 Å². The first-order valence-corrected chi connectivity index (χ1v) is 9.13. The Morgan fingerprint density at radius 1 is 1.14 bits per heavy atom. The third kappa shape index (κ3) is 5.48. The van der Waals surface area contributed by atoms with E-state index >= 15 is 0 Å². The highest BCUT2D eigenvalue weighted by Crippen LogP contribution is 2.33. The van der Waals surface area contributed by atoms with Gasteiger partial charge in [0.1, 0.15) is 17.2 Å². The molecule has 0 radical (unpaired) electrons. The second kappa shape index (κ2) is 10.3. The van der Waals surface area contributed by atoms with Crippen molar-refractivity contribution >= 4 is 23.5 Å². The molecule has 0 spiro atoms. The molecular weight excluding hydrogens is 400 g/mol. The fraction of sp³-hybridized carbons (Fsp3) is 0.286. The summed E-state index contributed by atoms with van der Waals surface area (Å²) < 4.78 is 31.6. The van der Waals surface area contributed by atoms with Gasteiger partial charge in [-0.1, -0.05) is 11.6 Å². The van der Waals surface area contributed by atoms with Crippen molar-refractivity contribution in [2.75, 3.05) is 34.6 Å². The van der Waals surface area contributed by atoms with E-state index in [1.807, 2.05) is 0 Å². The lowest BCUT2D eigenvalue weighted by atomic mass is 10.0. The van der Waals surface area contributed by atoms with Crippen molar-refractivity contribution in [3.63, 3.8) is 0 Å². The number of hydrogen-bond donors (Lipinski definition) is 0. The molecule has 1 aliphatic rings. The number of ketones is 1. The fourth-order valence-electron chi connectivity index (χ4n) is 2.75. The molecule has 0 fully saturated rings. The molecular formula is C21H21ClO7. The summed E-state index contributed by atoms with van der Waals surface area (Å²) in [6.07, 6.45) is 3.10. The number of fused-ring (bicyclic) bond motifs is 1. The van der Waals surface area contributed by atoms with Gasteiger partial charge in [-0.2, -0.15) is 0 Å². The van der Waals surface area contributed by atoms with E-state index in [-0.39, 0.29) is 26.2 Å². The normalized spacial score (nSPS) is 13.1. The van der Waals surface area contributed by atoms with Gasteiger partial charge in [-0.3, -0.25) is 4.79 Å². The number of carbonyl (C=O) groups excluding carboxylic acids is 1. The van der Waals surface area contributed by atoms with Gasteiger partial charge in [0.15, 0.2) is 26.2 Å². The van der Waals surface area contributed by atoms with Crippen LogP contribution in [0.25, 0.3) is 6.08 Å². The van der Waals surface area contributed by atoms with Crippen LogP contribution in [0, 0.1) is 0 Å². The third-order valence-corrected chi connectivity index (χ3v) is 4.23. The second-order valence-corrected chi connectivity index (χ2v) is 6.49. The lowest BCUT2D eigenvalue weighted by molar-refractivity contribution is -0.0165. The molecule has 8 heteroatoms. The topological polar surface area (TPSA) is 72.5 Å². The van der Waals surface area contributed by atoms with Crippen LogP contribution in [0.4, 0.5) is 0 Å². The van der Waals surface area contributed by atoms with Crippen molar-refractivity contribution in [3.8, 4) is 17.2 Å². The van der Waals surface area contributed by atoms with Crippen molar-refractivity contribution in [1.29, 1.82) is 0 Å². The standard InChI is InChI=1S/C21H21ClO7/c1-24-11-27-17-4-5-18(20(9-17)28-12-25-2)19(23)6-3-14-7-16(22)8-15-10-26-13-29-21(14)15/h3-9H,10-13H2,1-2H3. The predicted molar refractivity (Wildman–Crippen MR) is 107 cm³/mol. The Bertz CT molecular complexity index is 895. The zero-order valence-electron chi connectivity index (χ0n) is 16.1. The highest BCUT2D eigenvalue weighted by Gasteiger charge is 2.16. The van der Waals surface area contributed by atoms with Crippen LogP contribution in [0.15, 0.2) is 36.4 Å². The van der Waals surface area contributed by atoms with Crippen LogP contribution in [0.2, 0.25) is 5.02 Å². The van der Waals surface area contributed by atoms with Crippen molar-refractivity contribution in [1.82, 2.24) is 0 Å². The molecule has 0 aromatic heterocycles. The van der Waals surface area contributed by atoms with Gasteiger partial charge < -0.3 is 28.4 Å². The zero-order valence-corrected chi connectivity index (χ0v) is 16.9. The molecule has 0 bridgehead atoms. The minimum absolute atomic E-state index is 0.00658. The van der Waals surface area contributed by atoms with Crippen molar-refractivity contribution in [2.45, 2.75) is 6.61 Å². The van der Waals surface area contributed by atoms with Gasteiger partial charge in [0.2, 0.25) is 0 Å². The quantitative estimate of drug-likeness (QED) is 0.344. The van der Waals surface area contributed by atoms with E-state index in [9.17, 15) is 4.79 Å². The minimum atomic E-state index is -0.254. The van der Waals surface area contributed by atoms with E-state index in [2.05, 4.69) is 0 Å². The van der Waals surface area contributed by atoms with Gasteiger partial charge in [0.25, 0.3) is 0 Å². The van der Waals surface area contributed by atoms with Crippen molar-refractivity contribution < 1.29 is 33.2 Å². The molecule has 0 N–H and O–H groups in total. The number of hydrogen-bond acceptors (Lipinski definition) is 7. The largest absolute Gasteiger partial charge is 0.467 e. The van der Waals surface area contributed by atoms with Gasteiger partial charge >= 0.3 is 0 Å². The zero-order chi connectivity index (χ0) is 20.6. The predicted octanol–water partition coefficient (Wildman–Crippen LogP) is 4.07. The van der Waals surface area contributed by atoms with E-state index in [0.717, 1.165) is 5.56 Å². The number of allylic oxidation sites excluding steroid dienone is 1. The highest BCUT2D eigenvalue weighted by atomic mass is 35.5. The lowest BCUT2D eigenvalue weighted by Gasteiger charge is -2.19. The molecule has 154 valence electrons. The Labute approximate surface area is 173 Å². The maximum absolute atomic E-state index is 12.8. The maximum Gasteiger partial charge on any atom is 0.189 e. The Morgan fingerprint density at radius 2 is 1.93 bits per heavy atom. The average Bonchev–Trinajstić information content (AvgIpc) is 2.74. The van der Waals surface area contributed by atoms with E-state index in [1.165, 1.54) is 20.3 Å². The third-order valence-electron chi connectivity index (χ3n) is 4.01. The number of halogens is 1. The summed E-state index contributed by atoms with van der Waals surface area (Å²) in [6.45, 7) is 0.637. The van der Waals surface area contributed by atoms with Crippen LogP contribution in [-0.4, -0.2) is 40.4 Å². The van der Waals surface area contributed by atoms with Crippen LogP contribution < -0.4 is 14.2 Å². The lowest BCUT2D eigenvalue weighted by Crippen LogP contribution is -2.12. The highest BCUT2D eigenvalue weighted by molar-refractivity contribution is 6.30. The molecule has 0 amide bonds. The van der Waals surface area contributed by atoms with Crippen LogP contribution in [-0.2, 0) is 20.8 Å². The molecule has 29 heavy (non-hydrogen) atoms. The number of rotatable bonds is 9. The van der Waals surface area contributed by atoms with Crippen LogP contribution in [0.3, 0.4) is 0 Å². The summed E-state index contributed by atoms with van der Waals surface area (Å²) in [6, 6.07) is 8.42. The number of ether oxygens (including phenoxy) is 6. The molecule has 3 rings (SSSR count). The molecule has 2 aromatic carbocycles. The molecule has 2 aromatic rings. The maximum atomic E-state index is 12.8. The first kappa shape index (κ1) is 21.1. The SMILES string of the molecule is COCOc1ccc(C(=O)C=Cc2cc(Cl)cc3c2OCOC3)c(OCOC)c1. The monoisotopic (exact) mass is 420 g/mol. The minimum Gasteiger partial charge on any atom is -0.467 e. The number of carbonyl (C=O) groups is 1. The molecule has 0 saturated heterocycles. The van der Waals surface area contributed by atoms with Gasteiger partial charge in [-0.25, -0.2) is 0 Å². The Kier molecular flexibility index (Phi) is 7.48. The smallest absolute Gasteiger partial charge is 0.189 e. The van der Waals surface area contributed by atoms with E-state index in [0.29, 0.717) is 40.0 Å². The Morgan fingerprint density at radius 3 is 2.72 bits per heavy atom. The number of benzene rings is 2. The first-order chi connectivity index (χ1) is 14.1. The van der Waals surface area contributed by atoms with Gasteiger partial charge in [-0.15, -0.1) is 0 Å². The molecule has 1 aliphatic heterocycles. The van der Waals surface area contributed by atoms with Crippen molar-refractivity contribution in [3.05, 3.63) is 58.1 Å². The Balaban J connectivity index is 1.85. The second-order valence-electron chi connectivity index (χ2n) is 6.05. The average molecular weight is 421 g/mol. The molecule has 0 saturated carbocycles. The molecule has 0 atom stereocenters. The van der Waals surface area contributed by atoms with Crippen molar-refractivity contribution in [2.24, 2.45) is 0 Å². The van der Waals surface area contributed by atoms with Crippen LogP contribution in [0.5, 0.6) is 17.2 Å². The summed E-state index contributed by atoms with van der Waals surface area (Å²) in [5.74, 6) is 1.25. The fourth-order valence-corrected chi connectivity index (χ4v) is 3.00. The van der Waals surface area contributed by atoms with Crippen LogP contribution >= 0.6 is 11.6 Å². The molecule has 0 aliphatic carbocycles. The Hall–Kier alpha value is -2.58. The summed E-state index contributed by atoms with van der Waals surface area (Å²) in [7, 11) is 3.02.